The number of nitrogens with zero attached hydrogens (tertiary/aromatic N) is 1. The summed E-state index contributed by atoms with van der Waals surface area (Å²) in [6.07, 6.45) is 1.70. The Balaban J connectivity index is 0.000000191. The third-order valence-corrected chi connectivity index (χ3v) is 4.97. The largest absolute Gasteiger partial charge is 0.505 e. The molecule has 10 heteroatoms. The van der Waals surface area contributed by atoms with E-state index in [1.165, 1.54) is 6.92 Å². The molecule has 176 valence electrons. The predicted molar refractivity (Wildman–Crippen MR) is 128 cm³/mol. The van der Waals surface area contributed by atoms with Crippen molar-refractivity contribution in [1.82, 2.24) is 9.55 Å². The van der Waals surface area contributed by atoms with Crippen LogP contribution in [0, 0.1) is 0 Å². The minimum Gasteiger partial charge on any atom is -0.462 e. The topological polar surface area (TPSA) is 131 Å². The second-order valence-electron chi connectivity index (χ2n) is 7.32. The van der Waals surface area contributed by atoms with Crippen LogP contribution in [0.3, 0.4) is 0 Å². The fourth-order valence-electron chi connectivity index (χ4n) is 3.39. The van der Waals surface area contributed by atoms with E-state index in [2.05, 4.69) is 4.98 Å². The van der Waals surface area contributed by atoms with Crippen LogP contribution < -0.4 is 5.59 Å². The fraction of sp³-hybridized carbons (Fsp3) is 0.208. The summed E-state index contributed by atoms with van der Waals surface area (Å²) in [5.41, 5.74) is 2.77. The fourth-order valence-corrected chi connectivity index (χ4v) is 3.39. The molecule has 2 aromatic heterocycles. The zero-order chi connectivity index (χ0) is 24.8. The van der Waals surface area contributed by atoms with Crippen LogP contribution in [0.5, 0.6) is 0 Å². The highest BCUT2D eigenvalue weighted by atomic mass is 16.5. The molecule has 34 heavy (non-hydrogen) atoms. The van der Waals surface area contributed by atoms with Crippen molar-refractivity contribution in [3.63, 3.8) is 0 Å². The SMILES string of the molecule is CCOC(=O)c1ccc2[nH]c(B(O)O)cc2c1.CCOC(=O)c1ccc2c(ccn2C(C)=O)c1. The zero-order valence-corrected chi connectivity index (χ0v) is 19.1. The van der Waals surface area contributed by atoms with Gasteiger partial charge in [0, 0.05) is 29.6 Å². The molecule has 9 nitrogen and oxygen atoms in total. The summed E-state index contributed by atoms with van der Waals surface area (Å²) in [6, 6.07) is 13.5. The van der Waals surface area contributed by atoms with Crippen molar-refractivity contribution < 1.29 is 33.9 Å². The molecule has 0 amide bonds. The maximum absolute atomic E-state index is 11.5. The maximum atomic E-state index is 11.5. The Hall–Kier alpha value is -3.89. The van der Waals surface area contributed by atoms with Gasteiger partial charge in [0.25, 0.3) is 0 Å². The number of carbonyl (C=O) groups excluding carboxylic acids is 3. The number of aromatic amines is 1. The number of ether oxygens (including phenoxy) is 2. The molecule has 0 atom stereocenters. The third kappa shape index (κ3) is 5.53. The zero-order valence-electron chi connectivity index (χ0n) is 19.1. The Morgan fingerprint density at radius 3 is 2.03 bits per heavy atom. The minimum atomic E-state index is -1.55. The molecular weight excluding hydrogens is 439 g/mol. The predicted octanol–water partition coefficient (Wildman–Crippen LogP) is 2.50. The van der Waals surface area contributed by atoms with E-state index in [-0.39, 0.29) is 17.8 Å². The lowest BCUT2D eigenvalue weighted by molar-refractivity contribution is 0.0517. The number of H-pyrrole nitrogens is 1. The van der Waals surface area contributed by atoms with E-state index in [4.69, 9.17) is 19.5 Å². The Labute approximate surface area is 196 Å². The van der Waals surface area contributed by atoms with Crippen LogP contribution >= 0.6 is 0 Å². The summed E-state index contributed by atoms with van der Waals surface area (Å²) in [5.74, 6) is -0.782. The number of nitrogens with one attached hydrogen (secondary N) is 1. The van der Waals surface area contributed by atoms with Crippen LogP contribution in [-0.4, -0.2) is 57.8 Å². The van der Waals surface area contributed by atoms with Gasteiger partial charge in [-0.2, -0.15) is 0 Å². The van der Waals surface area contributed by atoms with Crippen LogP contribution in [0.25, 0.3) is 21.8 Å². The van der Waals surface area contributed by atoms with E-state index in [1.807, 2.05) is 0 Å². The number of hydrogen-bond acceptors (Lipinski definition) is 7. The number of rotatable bonds is 5. The van der Waals surface area contributed by atoms with Gasteiger partial charge < -0.3 is 24.5 Å². The molecule has 0 aliphatic rings. The van der Waals surface area contributed by atoms with Crippen LogP contribution in [0.15, 0.2) is 54.7 Å². The number of hydrogen-bond donors (Lipinski definition) is 3. The van der Waals surface area contributed by atoms with Gasteiger partial charge in [-0.3, -0.25) is 9.36 Å². The van der Waals surface area contributed by atoms with Crippen molar-refractivity contribution in [3.8, 4) is 0 Å². The van der Waals surface area contributed by atoms with E-state index < -0.39 is 7.12 Å². The standard InChI is InChI=1S/C13H13NO3.C11H12BNO4/c1-3-17-13(16)11-4-5-12-10(8-11)6-7-14(12)9(2)15;1-2-17-11(14)7-3-4-9-8(5-7)6-10(13-9)12(15)16/h4-8H,3H2,1-2H3;3-6,13,15-16H,2H2,1H3. The van der Waals surface area contributed by atoms with Crippen LogP contribution in [0.4, 0.5) is 0 Å². The molecule has 0 saturated heterocycles. The lowest BCUT2D eigenvalue weighted by atomic mass is 9.86. The van der Waals surface area contributed by atoms with Crippen LogP contribution in [0.1, 0.15) is 46.3 Å². The van der Waals surface area contributed by atoms with Crippen molar-refractivity contribution in [3.05, 3.63) is 65.9 Å². The normalized spacial score (nSPS) is 10.5. The summed E-state index contributed by atoms with van der Waals surface area (Å²) >= 11 is 0. The number of aromatic nitrogens is 2. The molecular formula is C24H25BN2O7. The van der Waals surface area contributed by atoms with Crippen LogP contribution in [0.2, 0.25) is 0 Å². The molecule has 0 aliphatic carbocycles. The van der Waals surface area contributed by atoms with Gasteiger partial charge in [-0.15, -0.1) is 0 Å². The summed E-state index contributed by atoms with van der Waals surface area (Å²) in [6.45, 7) is 5.68. The summed E-state index contributed by atoms with van der Waals surface area (Å²) in [7, 11) is -1.55. The van der Waals surface area contributed by atoms with E-state index >= 15 is 0 Å². The van der Waals surface area contributed by atoms with Gasteiger partial charge in [0.15, 0.2) is 0 Å². The van der Waals surface area contributed by atoms with Gasteiger partial charge >= 0.3 is 19.1 Å². The quantitative estimate of drug-likeness (QED) is 0.306. The summed E-state index contributed by atoms with van der Waals surface area (Å²) in [5, 5.41) is 19.6. The van der Waals surface area contributed by atoms with Gasteiger partial charge in [0.2, 0.25) is 5.91 Å². The Morgan fingerprint density at radius 2 is 1.47 bits per heavy atom. The molecule has 0 spiro atoms. The van der Waals surface area contributed by atoms with Gasteiger partial charge in [-0.05, 0) is 67.8 Å². The Bertz CT molecular complexity index is 1340. The molecule has 0 bridgehead atoms. The second-order valence-corrected chi connectivity index (χ2v) is 7.32. The molecule has 0 radical (unpaired) electrons. The lowest BCUT2D eigenvalue weighted by Gasteiger charge is -2.03. The highest BCUT2D eigenvalue weighted by Gasteiger charge is 2.15. The summed E-state index contributed by atoms with van der Waals surface area (Å²) in [4.78, 5) is 37.2. The second kappa shape index (κ2) is 10.8. The third-order valence-electron chi connectivity index (χ3n) is 4.97. The van der Waals surface area contributed by atoms with Crippen LogP contribution in [-0.2, 0) is 9.47 Å². The average Bonchev–Trinajstić information content (AvgIpc) is 3.43. The van der Waals surface area contributed by atoms with E-state index in [9.17, 15) is 14.4 Å². The molecule has 0 unspecified atom stereocenters. The summed E-state index contributed by atoms with van der Waals surface area (Å²) < 4.78 is 11.3. The van der Waals surface area contributed by atoms with E-state index in [1.54, 1.807) is 73.1 Å². The first-order chi connectivity index (χ1) is 16.2. The maximum Gasteiger partial charge on any atom is 0.505 e. The van der Waals surface area contributed by atoms with E-state index in [0.29, 0.717) is 29.9 Å². The number of esters is 2. The minimum absolute atomic E-state index is 0.0520. The van der Waals surface area contributed by atoms with Crippen molar-refractivity contribution in [1.29, 1.82) is 0 Å². The van der Waals surface area contributed by atoms with Crippen molar-refractivity contribution in [2.45, 2.75) is 20.8 Å². The number of benzene rings is 2. The first kappa shape index (κ1) is 24.8. The first-order valence-corrected chi connectivity index (χ1v) is 10.7. The van der Waals surface area contributed by atoms with E-state index in [0.717, 1.165) is 21.8 Å². The van der Waals surface area contributed by atoms with Gasteiger partial charge in [0.1, 0.15) is 0 Å². The molecule has 4 aromatic rings. The van der Waals surface area contributed by atoms with Crippen molar-refractivity contribution in [2.24, 2.45) is 0 Å². The number of fused-ring (bicyclic) bond motifs is 2. The van der Waals surface area contributed by atoms with Gasteiger partial charge in [-0.1, -0.05) is 0 Å². The van der Waals surface area contributed by atoms with Crippen molar-refractivity contribution in [2.75, 3.05) is 13.2 Å². The Kier molecular flexibility index (Phi) is 7.88. The average molecular weight is 464 g/mol. The first-order valence-electron chi connectivity index (χ1n) is 10.7. The highest BCUT2D eigenvalue weighted by molar-refractivity contribution is 6.58. The smallest absolute Gasteiger partial charge is 0.462 e. The van der Waals surface area contributed by atoms with Crippen molar-refractivity contribution >= 4 is 52.4 Å². The molecule has 0 saturated carbocycles. The molecule has 4 rings (SSSR count). The monoisotopic (exact) mass is 464 g/mol. The molecule has 0 aliphatic heterocycles. The highest BCUT2D eigenvalue weighted by Crippen LogP contribution is 2.18. The Morgan fingerprint density at radius 1 is 0.882 bits per heavy atom. The molecule has 0 fully saturated rings. The molecule has 2 heterocycles. The lowest BCUT2D eigenvalue weighted by Crippen LogP contribution is -2.30. The molecule has 2 aromatic carbocycles. The molecule has 3 N–H and O–H groups in total. The number of carbonyl (C=O) groups is 3. The van der Waals surface area contributed by atoms with Gasteiger partial charge in [0.05, 0.1) is 29.9 Å². The van der Waals surface area contributed by atoms with Gasteiger partial charge in [-0.25, -0.2) is 9.59 Å².